The predicted molar refractivity (Wildman–Crippen MR) is 47.6 cm³/mol. The van der Waals surface area contributed by atoms with Crippen molar-refractivity contribution in [3.63, 3.8) is 0 Å². The summed E-state index contributed by atoms with van der Waals surface area (Å²) >= 11 is 0. The molecule has 3 fully saturated rings. The van der Waals surface area contributed by atoms with Crippen LogP contribution >= 0.6 is 0 Å². The molecule has 64 valence electrons. The molecule has 3 rings (SSSR count). The van der Waals surface area contributed by atoms with E-state index in [1.807, 2.05) is 0 Å². The smallest absolute Gasteiger partial charge is 0.00924 e. The highest BCUT2D eigenvalue weighted by atomic mass is 15.1. The summed E-state index contributed by atoms with van der Waals surface area (Å²) in [5.41, 5.74) is 0. The molecule has 0 aromatic rings. The van der Waals surface area contributed by atoms with Gasteiger partial charge >= 0.3 is 0 Å². The number of hydrogen-bond acceptors (Lipinski definition) is 1. The van der Waals surface area contributed by atoms with Crippen LogP contribution in [-0.2, 0) is 0 Å². The molecule has 2 aliphatic heterocycles. The summed E-state index contributed by atoms with van der Waals surface area (Å²) in [5.74, 6) is 1.04. The van der Waals surface area contributed by atoms with Gasteiger partial charge in [0, 0.05) is 12.6 Å². The summed E-state index contributed by atoms with van der Waals surface area (Å²) in [6, 6.07) is 0.937. The van der Waals surface area contributed by atoms with Crippen LogP contribution in [0.3, 0.4) is 0 Å². The van der Waals surface area contributed by atoms with Crippen LogP contribution in [0, 0.1) is 5.92 Å². The van der Waals surface area contributed by atoms with Gasteiger partial charge in [0.05, 0.1) is 0 Å². The van der Waals surface area contributed by atoms with Gasteiger partial charge < -0.3 is 4.90 Å². The molecule has 0 radical (unpaired) electrons. The molecule has 0 spiro atoms. The molecule has 2 bridgehead atoms. The Labute approximate surface area is 69.8 Å². The Hall–Kier alpha value is -0.0400. The number of hydrogen-bond donors (Lipinski definition) is 0. The molecule has 1 nitrogen and oxygen atoms in total. The summed E-state index contributed by atoms with van der Waals surface area (Å²) < 4.78 is 0. The Morgan fingerprint density at radius 1 is 1.00 bits per heavy atom. The Bertz CT molecular complexity index is 129. The maximum absolute atomic E-state index is 2.59. The van der Waals surface area contributed by atoms with Gasteiger partial charge in [-0.05, 0) is 38.6 Å². The molecule has 0 amide bonds. The third kappa shape index (κ3) is 1.58. The molecule has 0 N–H and O–H groups in total. The normalized spacial score (nSPS) is 40.1. The Kier molecular flexibility index (Phi) is 2.17. The first-order valence-electron chi connectivity index (χ1n) is 5.06. The second kappa shape index (κ2) is 3.14. The summed E-state index contributed by atoms with van der Waals surface area (Å²) in [6.07, 6.45) is 8.91. The quantitative estimate of drug-likeness (QED) is 0.516. The molecule has 1 heteroatoms. The molecule has 1 aliphatic carbocycles. The minimum absolute atomic E-state index is 0.937. The lowest BCUT2D eigenvalue weighted by molar-refractivity contribution is 0.107. The van der Waals surface area contributed by atoms with E-state index in [1.54, 1.807) is 0 Å². The number of fused-ring (bicyclic) bond motifs is 5. The van der Waals surface area contributed by atoms with Crippen molar-refractivity contribution in [2.45, 2.75) is 44.6 Å². The maximum Gasteiger partial charge on any atom is 0.00924 e. The molecular weight excluding hydrogens is 134 g/mol. The fourth-order valence-electron chi connectivity index (χ4n) is 2.71. The minimum atomic E-state index is 0.937. The van der Waals surface area contributed by atoms with Crippen LogP contribution in [0.4, 0.5) is 0 Å². The van der Waals surface area contributed by atoms with Crippen molar-refractivity contribution in [3.05, 3.63) is 0 Å². The third-order valence-electron chi connectivity index (χ3n) is 3.48. The van der Waals surface area contributed by atoms with E-state index in [0.29, 0.717) is 0 Å². The van der Waals surface area contributed by atoms with Gasteiger partial charge in [-0.2, -0.15) is 0 Å². The van der Waals surface area contributed by atoms with E-state index in [2.05, 4.69) is 11.9 Å². The highest BCUT2D eigenvalue weighted by molar-refractivity contribution is 4.81. The van der Waals surface area contributed by atoms with Crippen molar-refractivity contribution >= 4 is 0 Å². The monoisotopic (exact) mass is 153 g/mol. The van der Waals surface area contributed by atoms with E-state index in [-0.39, 0.29) is 0 Å². The summed E-state index contributed by atoms with van der Waals surface area (Å²) in [6.45, 7) is 1.38. The third-order valence-corrected chi connectivity index (χ3v) is 3.48. The van der Waals surface area contributed by atoms with Crippen LogP contribution in [0.2, 0.25) is 0 Å². The van der Waals surface area contributed by atoms with E-state index < -0.39 is 0 Å². The molecule has 0 aromatic carbocycles. The van der Waals surface area contributed by atoms with Crippen LogP contribution < -0.4 is 0 Å². The fraction of sp³-hybridized carbons (Fsp3) is 1.00. The number of nitrogens with zero attached hydrogens (tertiary/aromatic N) is 1. The summed E-state index contributed by atoms with van der Waals surface area (Å²) in [7, 11) is 2.31. The molecule has 2 atom stereocenters. The maximum atomic E-state index is 2.59. The second-order valence-electron chi connectivity index (χ2n) is 4.32. The first-order valence-corrected chi connectivity index (χ1v) is 5.06. The van der Waals surface area contributed by atoms with Gasteiger partial charge in [-0.3, -0.25) is 0 Å². The highest BCUT2D eigenvalue weighted by Crippen LogP contribution is 2.30. The largest absolute Gasteiger partial charge is 0.303 e. The van der Waals surface area contributed by atoms with Gasteiger partial charge in [0.15, 0.2) is 0 Å². The molecular formula is C10H19N. The topological polar surface area (TPSA) is 3.24 Å². The summed E-state index contributed by atoms with van der Waals surface area (Å²) in [5, 5.41) is 0. The Morgan fingerprint density at radius 2 is 1.82 bits per heavy atom. The first-order chi connectivity index (χ1) is 5.36. The summed E-state index contributed by atoms with van der Waals surface area (Å²) in [4.78, 5) is 2.59. The zero-order valence-corrected chi connectivity index (χ0v) is 7.55. The molecule has 11 heavy (non-hydrogen) atoms. The van der Waals surface area contributed by atoms with E-state index in [1.165, 1.54) is 45.1 Å². The van der Waals surface area contributed by atoms with E-state index in [4.69, 9.17) is 0 Å². The van der Waals surface area contributed by atoms with Gasteiger partial charge in [-0.15, -0.1) is 0 Å². The fourth-order valence-corrected chi connectivity index (χ4v) is 2.71. The van der Waals surface area contributed by atoms with Crippen molar-refractivity contribution in [2.24, 2.45) is 5.92 Å². The van der Waals surface area contributed by atoms with Crippen LogP contribution in [0.5, 0.6) is 0 Å². The zero-order chi connectivity index (χ0) is 7.68. The van der Waals surface area contributed by atoms with Crippen molar-refractivity contribution in [2.75, 3.05) is 13.6 Å². The second-order valence-corrected chi connectivity index (χ2v) is 4.32. The van der Waals surface area contributed by atoms with Crippen molar-refractivity contribution in [1.82, 2.24) is 4.90 Å². The zero-order valence-electron chi connectivity index (χ0n) is 7.55. The highest BCUT2D eigenvalue weighted by Gasteiger charge is 2.26. The molecule has 2 saturated heterocycles. The van der Waals surface area contributed by atoms with Gasteiger partial charge in [0.2, 0.25) is 0 Å². The Balaban J connectivity index is 2.01. The molecule has 0 aromatic heterocycles. The SMILES string of the molecule is CN1CC2CCCCC1CC2. The molecule has 2 heterocycles. The average molecular weight is 153 g/mol. The molecule has 2 unspecified atom stereocenters. The lowest BCUT2D eigenvalue weighted by atomic mass is 9.84. The molecule has 3 aliphatic rings. The van der Waals surface area contributed by atoms with Gasteiger partial charge in [-0.1, -0.05) is 12.8 Å². The van der Waals surface area contributed by atoms with Crippen LogP contribution in [0.1, 0.15) is 38.5 Å². The first kappa shape index (κ1) is 7.60. The Morgan fingerprint density at radius 3 is 2.64 bits per heavy atom. The van der Waals surface area contributed by atoms with Crippen LogP contribution in [-0.4, -0.2) is 24.5 Å². The van der Waals surface area contributed by atoms with Crippen molar-refractivity contribution in [3.8, 4) is 0 Å². The predicted octanol–water partition coefficient (Wildman–Crippen LogP) is 2.27. The van der Waals surface area contributed by atoms with Crippen molar-refractivity contribution < 1.29 is 0 Å². The van der Waals surface area contributed by atoms with Gasteiger partial charge in [0.25, 0.3) is 0 Å². The van der Waals surface area contributed by atoms with E-state index in [0.717, 1.165) is 12.0 Å². The average Bonchev–Trinajstić information content (AvgIpc) is 1.92. The number of piperidine rings is 1. The van der Waals surface area contributed by atoms with Crippen LogP contribution in [0.15, 0.2) is 0 Å². The minimum Gasteiger partial charge on any atom is -0.303 e. The number of rotatable bonds is 0. The van der Waals surface area contributed by atoms with E-state index in [9.17, 15) is 0 Å². The van der Waals surface area contributed by atoms with E-state index >= 15 is 0 Å². The lowest BCUT2D eigenvalue weighted by Gasteiger charge is -2.39. The lowest BCUT2D eigenvalue weighted by Crippen LogP contribution is -2.41. The molecule has 1 saturated carbocycles. The van der Waals surface area contributed by atoms with Crippen LogP contribution in [0.25, 0.3) is 0 Å². The van der Waals surface area contributed by atoms with Crippen molar-refractivity contribution in [1.29, 1.82) is 0 Å². The van der Waals surface area contributed by atoms with Gasteiger partial charge in [0.1, 0.15) is 0 Å². The standard InChI is InChI=1S/C10H19N/c1-11-8-9-4-2-3-5-10(11)7-6-9/h9-10H,2-8H2,1H3. The van der Waals surface area contributed by atoms with Gasteiger partial charge in [-0.25, -0.2) is 0 Å².